The minimum absolute atomic E-state index is 0.330. The molecule has 0 aliphatic carbocycles. The molecule has 0 radical (unpaired) electrons. The van der Waals surface area contributed by atoms with Crippen molar-refractivity contribution in [2.75, 3.05) is 12.8 Å². The van der Waals surface area contributed by atoms with E-state index in [2.05, 4.69) is 38.9 Å². The highest BCUT2D eigenvalue weighted by Gasteiger charge is 2.07. The molecule has 0 heterocycles. The molecule has 0 fully saturated rings. The van der Waals surface area contributed by atoms with Gasteiger partial charge in [-0.15, -0.1) is 11.8 Å². The van der Waals surface area contributed by atoms with Gasteiger partial charge < -0.3 is 0 Å². The van der Waals surface area contributed by atoms with Crippen LogP contribution in [0, 0.1) is 5.41 Å². The normalized spacial score (nSPS) is 13.9. The monoisotopic (exact) mass is 159 g/mol. The molecule has 0 aromatic carbocycles. The van der Waals surface area contributed by atoms with Crippen LogP contribution in [-0.4, -0.2) is 17.8 Å². The van der Waals surface area contributed by atoms with Crippen molar-refractivity contribution in [2.45, 2.75) is 27.7 Å². The molecule has 0 spiro atoms. The number of hydrogen-bond donors (Lipinski definition) is 0. The Bertz CT molecular complexity index is 122. The minimum Gasteiger partial charge on any atom is -0.283 e. The Hall–Kier alpha value is 0.0200. The standard InChI is InChI=1S/C8H17NS/c1-7(10-5)9-6-8(2,3)4/h6H2,1-5H3. The second-order valence-corrected chi connectivity index (χ2v) is 4.60. The first kappa shape index (κ1) is 10.0. The van der Waals surface area contributed by atoms with Crippen LogP contribution in [0.15, 0.2) is 4.99 Å². The second-order valence-electron chi connectivity index (χ2n) is 3.60. The average molecular weight is 159 g/mol. The van der Waals surface area contributed by atoms with E-state index in [0.717, 1.165) is 6.54 Å². The molecule has 0 aliphatic heterocycles. The predicted octanol–water partition coefficient (Wildman–Crippen LogP) is 2.81. The lowest BCUT2D eigenvalue weighted by Crippen LogP contribution is -2.10. The number of hydrogen-bond acceptors (Lipinski definition) is 2. The summed E-state index contributed by atoms with van der Waals surface area (Å²) in [6.07, 6.45) is 2.06. The van der Waals surface area contributed by atoms with Crippen molar-refractivity contribution < 1.29 is 0 Å². The summed E-state index contributed by atoms with van der Waals surface area (Å²) >= 11 is 1.72. The number of aliphatic imine (C=N–C) groups is 1. The highest BCUT2D eigenvalue weighted by molar-refractivity contribution is 8.13. The third-order valence-corrected chi connectivity index (χ3v) is 1.79. The second kappa shape index (κ2) is 4.02. The minimum atomic E-state index is 0.330. The third kappa shape index (κ3) is 6.14. The summed E-state index contributed by atoms with van der Waals surface area (Å²) in [6.45, 7) is 9.58. The van der Waals surface area contributed by atoms with E-state index in [9.17, 15) is 0 Å². The van der Waals surface area contributed by atoms with Crippen molar-refractivity contribution in [3.8, 4) is 0 Å². The summed E-state index contributed by atoms with van der Waals surface area (Å²) < 4.78 is 0. The molecule has 0 aromatic rings. The Morgan fingerprint density at radius 3 is 2.20 bits per heavy atom. The molecule has 60 valence electrons. The van der Waals surface area contributed by atoms with Crippen molar-refractivity contribution in [1.82, 2.24) is 0 Å². The summed E-state index contributed by atoms with van der Waals surface area (Å²) in [5.74, 6) is 0. The zero-order valence-electron chi connectivity index (χ0n) is 7.56. The first-order valence-electron chi connectivity index (χ1n) is 3.51. The van der Waals surface area contributed by atoms with Crippen LogP contribution in [0.3, 0.4) is 0 Å². The van der Waals surface area contributed by atoms with E-state index in [0.29, 0.717) is 5.41 Å². The molecular formula is C8H17NS. The molecule has 2 heteroatoms. The maximum Gasteiger partial charge on any atom is 0.0642 e. The van der Waals surface area contributed by atoms with Crippen LogP contribution in [0.1, 0.15) is 27.7 Å². The Balaban J connectivity index is 3.73. The molecule has 0 bridgehead atoms. The molecule has 0 atom stereocenters. The summed E-state index contributed by atoms with van der Waals surface area (Å²) in [6, 6.07) is 0. The van der Waals surface area contributed by atoms with Crippen molar-refractivity contribution in [3.05, 3.63) is 0 Å². The van der Waals surface area contributed by atoms with Crippen LogP contribution in [0.4, 0.5) is 0 Å². The zero-order chi connectivity index (χ0) is 8.20. The van der Waals surface area contributed by atoms with Crippen molar-refractivity contribution in [2.24, 2.45) is 10.4 Å². The van der Waals surface area contributed by atoms with Gasteiger partial charge in [0.2, 0.25) is 0 Å². The van der Waals surface area contributed by atoms with Crippen LogP contribution in [0.25, 0.3) is 0 Å². The molecule has 0 saturated heterocycles. The van der Waals surface area contributed by atoms with Gasteiger partial charge in [0.15, 0.2) is 0 Å². The Morgan fingerprint density at radius 2 is 1.90 bits per heavy atom. The van der Waals surface area contributed by atoms with E-state index in [1.807, 2.05) is 0 Å². The fourth-order valence-corrected chi connectivity index (χ4v) is 0.607. The smallest absolute Gasteiger partial charge is 0.0642 e. The molecule has 10 heavy (non-hydrogen) atoms. The van der Waals surface area contributed by atoms with Crippen LogP contribution in [0.2, 0.25) is 0 Å². The van der Waals surface area contributed by atoms with E-state index >= 15 is 0 Å². The Labute approximate surface area is 68.3 Å². The zero-order valence-corrected chi connectivity index (χ0v) is 8.38. The van der Waals surface area contributed by atoms with E-state index < -0.39 is 0 Å². The summed E-state index contributed by atoms with van der Waals surface area (Å²) in [7, 11) is 0. The van der Waals surface area contributed by atoms with Crippen molar-refractivity contribution in [1.29, 1.82) is 0 Å². The van der Waals surface area contributed by atoms with Gasteiger partial charge in [-0.05, 0) is 18.6 Å². The topological polar surface area (TPSA) is 12.4 Å². The summed E-state index contributed by atoms with van der Waals surface area (Å²) in [5.41, 5.74) is 0.330. The molecule has 0 saturated carbocycles. The van der Waals surface area contributed by atoms with Gasteiger partial charge >= 0.3 is 0 Å². The van der Waals surface area contributed by atoms with Gasteiger partial charge in [0, 0.05) is 6.54 Å². The van der Waals surface area contributed by atoms with Gasteiger partial charge in [-0.2, -0.15) is 0 Å². The van der Waals surface area contributed by atoms with Crippen molar-refractivity contribution >= 4 is 16.8 Å². The van der Waals surface area contributed by atoms with Gasteiger partial charge in [-0.25, -0.2) is 0 Å². The quantitative estimate of drug-likeness (QED) is 0.423. The molecule has 0 N–H and O–H groups in total. The largest absolute Gasteiger partial charge is 0.283 e. The highest BCUT2D eigenvalue weighted by Crippen LogP contribution is 2.13. The number of rotatable bonds is 1. The number of nitrogens with zero attached hydrogens (tertiary/aromatic N) is 1. The first-order valence-corrected chi connectivity index (χ1v) is 4.73. The lowest BCUT2D eigenvalue weighted by atomic mass is 9.97. The van der Waals surface area contributed by atoms with Crippen molar-refractivity contribution in [3.63, 3.8) is 0 Å². The Morgan fingerprint density at radius 1 is 1.40 bits per heavy atom. The van der Waals surface area contributed by atoms with Crippen LogP contribution in [-0.2, 0) is 0 Å². The molecule has 0 aliphatic rings. The molecule has 0 rings (SSSR count). The molecule has 0 unspecified atom stereocenters. The SMILES string of the molecule is CSC(C)=NCC(C)(C)C. The third-order valence-electron chi connectivity index (χ3n) is 1.07. The van der Waals surface area contributed by atoms with E-state index in [1.54, 1.807) is 11.8 Å². The Kier molecular flexibility index (Phi) is 4.02. The van der Waals surface area contributed by atoms with Crippen LogP contribution >= 0.6 is 11.8 Å². The van der Waals surface area contributed by atoms with E-state index in [4.69, 9.17) is 0 Å². The molecule has 1 nitrogen and oxygen atoms in total. The average Bonchev–Trinajstić information content (AvgIpc) is 1.81. The highest BCUT2D eigenvalue weighted by atomic mass is 32.2. The van der Waals surface area contributed by atoms with Gasteiger partial charge in [0.05, 0.1) is 5.04 Å². The lowest BCUT2D eigenvalue weighted by Gasteiger charge is -2.14. The predicted molar refractivity (Wildman–Crippen MR) is 50.9 cm³/mol. The van der Waals surface area contributed by atoms with Crippen LogP contribution < -0.4 is 0 Å². The van der Waals surface area contributed by atoms with E-state index in [1.165, 1.54) is 5.04 Å². The molecule has 0 aromatic heterocycles. The fraction of sp³-hybridized carbons (Fsp3) is 0.875. The summed E-state index contributed by atoms with van der Waals surface area (Å²) in [4.78, 5) is 4.39. The maximum atomic E-state index is 4.39. The lowest BCUT2D eigenvalue weighted by molar-refractivity contribution is 0.430. The number of thioether (sulfide) groups is 1. The van der Waals surface area contributed by atoms with Gasteiger partial charge in [-0.1, -0.05) is 20.8 Å². The molecular weight excluding hydrogens is 142 g/mol. The molecule has 0 amide bonds. The van der Waals surface area contributed by atoms with Gasteiger partial charge in [-0.3, -0.25) is 4.99 Å². The fourth-order valence-electron chi connectivity index (χ4n) is 0.413. The van der Waals surface area contributed by atoms with Gasteiger partial charge in [0.25, 0.3) is 0 Å². The summed E-state index contributed by atoms with van der Waals surface area (Å²) in [5, 5.41) is 1.18. The van der Waals surface area contributed by atoms with Gasteiger partial charge in [0.1, 0.15) is 0 Å². The van der Waals surface area contributed by atoms with Crippen LogP contribution in [0.5, 0.6) is 0 Å². The maximum absolute atomic E-state index is 4.39. The van der Waals surface area contributed by atoms with E-state index in [-0.39, 0.29) is 0 Å². The first-order chi connectivity index (χ1) is 4.45.